The van der Waals surface area contributed by atoms with E-state index in [2.05, 4.69) is 10.6 Å². The van der Waals surface area contributed by atoms with E-state index in [1.807, 2.05) is 24.3 Å². The summed E-state index contributed by atoms with van der Waals surface area (Å²) in [6.45, 7) is 1.82. The summed E-state index contributed by atoms with van der Waals surface area (Å²) < 4.78 is 5.38. The van der Waals surface area contributed by atoms with Gasteiger partial charge >= 0.3 is 6.03 Å². The Balaban J connectivity index is 1.69. The predicted molar refractivity (Wildman–Crippen MR) is 121 cm³/mol. The number of rotatable bonds is 6. The quantitative estimate of drug-likeness (QED) is 0.446. The summed E-state index contributed by atoms with van der Waals surface area (Å²) in [6.07, 6.45) is 0. The number of methoxy groups -OCH3 is 1. The number of carbonyl (C=O) groups excluding carboxylic acids is 2. The standard InChI is InChI=1S/C23H20Cl2N2O3/c1-14(28)16-9-7-15(8-10-16)13-26-23(29)27-17-11-19(24)22(20(25)12-17)18-5-3-4-6-21(18)30-2/h3-12H,13H2,1-2H3,(H2,26,27,29). The topological polar surface area (TPSA) is 67.4 Å². The normalized spacial score (nSPS) is 10.4. The van der Waals surface area contributed by atoms with Crippen molar-refractivity contribution >= 4 is 40.7 Å². The van der Waals surface area contributed by atoms with Crippen molar-refractivity contribution in [3.8, 4) is 16.9 Å². The number of Topliss-reactive ketones (excluding diaryl/α,β-unsaturated/α-hetero) is 1. The fourth-order valence-corrected chi connectivity index (χ4v) is 3.66. The van der Waals surface area contributed by atoms with Crippen molar-refractivity contribution in [1.29, 1.82) is 0 Å². The van der Waals surface area contributed by atoms with Crippen molar-refractivity contribution in [3.63, 3.8) is 0 Å². The number of anilines is 1. The molecule has 0 aliphatic carbocycles. The number of carbonyl (C=O) groups is 2. The molecule has 3 rings (SSSR count). The van der Waals surface area contributed by atoms with E-state index in [1.54, 1.807) is 43.5 Å². The molecule has 0 aliphatic heterocycles. The number of ether oxygens (including phenoxy) is 1. The molecule has 5 nitrogen and oxygen atoms in total. The van der Waals surface area contributed by atoms with Crippen LogP contribution in [0.15, 0.2) is 60.7 Å². The van der Waals surface area contributed by atoms with Crippen molar-refractivity contribution in [2.45, 2.75) is 13.5 Å². The van der Waals surface area contributed by atoms with E-state index in [9.17, 15) is 9.59 Å². The molecule has 0 fully saturated rings. The second kappa shape index (κ2) is 9.65. The molecule has 0 heterocycles. The molecule has 0 aromatic heterocycles. The van der Waals surface area contributed by atoms with Crippen molar-refractivity contribution in [2.75, 3.05) is 12.4 Å². The number of amides is 2. The third kappa shape index (κ3) is 5.12. The van der Waals surface area contributed by atoms with E-state index in [0.717, 1.165) is 11.1 Å². The molecule has 2 N–H and O–H groups in total. The highest BCUT2D eigenvalue weighted by Gasteiger charge is 2.15. The first-order valence-corrected chi connectivity index (χ1v) is 9.92. The maximum atomic E-state index is 12.3. The molecule has 154 valence electrons. The number of hydrogen-bond donors (Lipinski definition) is 2. The molecule has 0 bridgehead atoms. The molecule has 3 aromatic carbocycles. The van der Waals surface area contributed by atoms with Crippen molar-refractivity contribution < 1.29 is 14.3 Å². The predicted octanol–water partition coefficient (Wildman–Crippen LogP) is 6.19. The number of ketones is 1. The van der Waals surface area contributed by atoms with Crippen LogP contribution in [0, 0.1) is 0 Å². The lowest BCUT2D eigenvalue weighted by Crippen LogP contribution is -2.28. The molecule has 0 spiro atoms. The van der Waals surface area contributed by atoms with E-state index < -0.39 is 6.03 Å². The van der Waals surface area contributed by atoms with Gasteiger partial charge < -0.3 is 15.4 Å². The lowest BCUT2D eigenvalue weighted by Gasteiger charge is -2.14. The first kappa shape index (κ1) is 21.7. The highest BCUT2D eigenvalue weighted by atomic mass is 35.5. The van der Waals surface area contributed by atoms with Gasteiger partial charge in [0.2, 0.25) is 0 Å². The van der Waals surface area contributed by atoms with Gasteiger partial charge in [0.1, 0.15) is 5.75 Å². The van der Waals surface area contributed by atoms with Gasteiger partial charge in [0.05, 0.1) is 17.2 Å². The van der Waals surface area contributed by atoms with Gasteiger partial charge in [0.15, 0.2) is 5.78 Å². The number of hydrogen-bond acceptors (Lipinski definition) is 3. The summed E-state index contributed by atoms with van der Waals surface area (Å²) in [5.41, 5.74) is 3.36. The lowest BCUT2D eigenvalue weighted by molar-refractivity contribution is 0.101. The van der Waals surface area contributed by atoms with Gasteiger partial charge in [-0.05, 0) is 30.7 Å². The Bertz CT molecular complexity index is 1060. The maximum absolute atomic E-state index is 12.3. The summed E-state index contributed by atoms with van der Waals surface area (Å²) in [4.78, 5) is 23.6. The zero-order chi connectivity index (χ0) is 21.7. The van der Waals surface area contributed by atoms with Crippen molar-refractivity contribution in [2.24, 2.45) is 0 Å². The average molecular weight is 443 g/mol. The van der Waals surface area contributed by atoms with Crippen LogP contribution in [0.2, 0.25) is 10.0 Å². The monoisotopic (exact) mass is 442 g/mol. The molecule has 0 radical (unpaired) electrons. The van der Waals surface area contributed by atoms with E-state index in [-0.39, 0.29) is 5.78 Å². The smallest absolute Gasteiger partial charge is 0.319 e. The van der Waals surface area contributed by atoms with E-state index in [0.29, 0.717) is 39.2 Å². The van der Waals surface area contributed by atoms with Gasteiger partial charge in [-0.1, -0.05) is 65.7 Å². The van der Waals surface area contributed by atoms with E-state index >= 15 is 0 Å². The molecule has 0 unspecified atom stereocenters. The van der Waals surface area contributed by atoms with Crippen LogP contribution in [-0.2, 0) is 6.54 Å². The molecule has 0 saturated carbocycles. The molecule has 30 heavy (non-hydrogen) atoms. The third-order valence-electron chi connectivity index (χ3n) is 4.49. The number of urea groups is 1. The SMILES string of the molecule is COc1ccccc1-c1c(Cl)cc(NC(=O)NCc2ccc(C(C)=O)cc2)cc1Cl. The molecule has 2 amide bonds. The molecule has 7 heteroatoms. The van der Waals surface area contributed by atoms with Gasteiger partial charge in [-0.2, -0.15) is 0 Å². The van der Waals surface area contributed by atoms with Crippen LogP contribution in [0.25, 0.3) is 11.1 Å². The first-order chi connectivity index (χ1) is 14.4. The van der Waals surface area contributed by atoms with Crippen LogP contribution in [0.4, 0.5) is 10.5 Å². The summed E-state index contributed by atoms with van der Waals surface area (Å²) >= 11 is 12.9. The first-order valence-electron chi connectivity index (χ1n) is 9.16. The van der Waals surface area contributed by atoms with Gasteiger partial charge in [-0.3, -0.25) is 4.79 Å². The molecule has 3 aromatic rings. The van der Waals surface area contributed by atoms with Crippen LogP contribution in [-0.4, -0.2) is 18.9 Å². The summed E-state index contributed by atoms with van der Waals surface area (Å²) in [5, 5.41) is 6.27. The third-order valence-corrected chi connectivity index (χ3v) is 5.09. The fourth-order valence-electron chi connectivity index (χ4n) is 2.97. The zero-order valence-electron chi connectivity index (χ0n) is 16.5. The van der Waals surface area contributed by atoms with Crippen LogP contribution < -0.4 is 15.4 Å². The number of benzene rings is 3. The minimum Gasteiger partial charge on any atom is -0.496 e. The van der Waals surface area contributed by atoms with Crippen LogP contribution in [0.3, 0.4) is 0 Å². The Morgan fingerprint density at radius 2 is 1.60 bits per heavy atom. The number of nitrogens with one attached hydrogen (secondary N) is 2. The van der Waals surface area contributed by atoms with Crippen molar-refractivity contribution in [1.82, 2.24) is 5.32 Å². The maximum Gasteiger partial charge on any atom is 0.319 e. The highest BCUT2D eigenvalue weighted by molar-refractivity contribution is 6.40. The second-order valence-electron chi connectivity index (χ2n) is 6.58. The van der Waals surface area contributed by atoms with Crippen LogP contribution in [0.5, 0.6) is 5.75 Å². The van der Waals surface area contributed by atoms with Gasteiger partial charge in [0, 0.05) is 28.9 Å². The summed E-state index contributed by atoms with van der Waals surface area (Å²) in [6, 6.07) is 17.3. The lowest BCUT2D eigenvalue weighted by atomic mass is 10.0. The van der Waals surface area contributed by atoms with E-state index in [4.69, 9.17) is 27.9 Å². The minimum absolute atomic E-state index is 0.00224. The Kier molecular flexibility index (Phi) is 6.98. The Morgan fingerprint density at radius 1 is 0.967 bits per heavy atom. The fraction of sp³-hybridized carbons (Fsp3) is 0.130. The number of halogens is 2. The zero-order valence-corrected chi connectivity index (χ0v) is 18.0. The van der Waals surface area contributed by atoms with Crippen molar-refractivity contribution in [3.05, 3.63) is 81.8 Å². The Labute approximate surface area is 185 Å². The molecule has 0 aliphatic rings. The largest absolute Gasteiger partial charge is 0.496 e. The van der Waals surface area contributed by atoms with Crippen LogP contribution >= 0.6 is 23.2 Å². The van der Waals surface area contributed by atoms with Crippen LogP contribution in [0.1, 0.15) is 22.8 Å². The molecular formula is C23H20Cl2N2O3. The Morgan fingerprint density at radius 3 is 2.20 bits per heavy atom. The minimum atomic E-state index is -0.400. The molecular weight excluding hydrogens is 423 g/mol. The second-order valence-corrected chi connectivity index (χ2v) is 7.39. The highest BCUT2D eigenvalue weighted by Crippen LogP contribution is 2.41. The van der Waals surface area contributed by atoms with Gasteiger partial charge in [-0.25, -0.2) is 4.79 Å². The Hall–Kier alpha value is -3.02. The number of para-hydroxylation sites is 1. The van der Waals surface area contributed by atoms with Gasteiger partial charge in [0.25, 0.3) is 0 Å². The molecule has 0 atom stereocenters. The average Bonchev–Trinajstić information content (AvgIpc) is 2.72. The van der Waals surface area contributed by atoms with Gasteiger partial charge in [-0.15, -0.1) is 0 Å². The molecule has 0 saturated heterocycles. The summed E-state index contributed by atoms with van der Waals surface area (Å²) in [7, 11) is 1.58. The summed E-state index contributed by atoms with van der Waals surface area (Å²) in [5.74, 6) is 0.646. The van der Waals surface area contributed by atoms with E-state index in [1.165, 1.54) is 6.92 Å².